The van der Waals surface area contributed by atoms with Gasteiger partial charge in [-0.15, -0.1) is 0 Å². The second-order valence-corrected chi connectivity index (χ2v) is 8.81. The molecule has 3 N–H and O–H groups in total. The van der Waals surface area contributed by atoms with Crippen LogP contribution in [0.1, 0.15) is 44.9 Å². The molecule has 7 nitrogen and oxygen atoms in total. The van der Waals surface area contributed by atoms with Crippen LogP contribution in [0, 0.1) is 6.92 Å². The smallest absolute Gasteiger partial charge is 0.303 e. The predicted molar refractivity (Wildman–Crippen MR) is 141 cm³/mol. The number of hydrogen-bond acceptors (Lipinski definition) is 5. The fourth-order valence-corrected chi connectivity index (χ4v) is 4.35. The minimum absolute atomic E-state index is 0.0895. The van der Waals surface area contributed by atoms with Gasteiger partial charge in [0, 0.05) is 29.5 Å². The monoisotopic (exact) mass is 498 g/mol. The summed E-state index contributed by atoms with van der Waals surface area (Å²) in [5, 5.41) is 9.15. The molecular formula is C30H30N2O5. The normalized spacial score (nSPS) is 10.8. The molecule has 3 aromatic carbocycles. The first-order chi connectivity index (χ1) is 17.9. The topological polar surface area (TPSA) is 116 Å². The highest BCUT2D eigenvalue weighted by Crippen LogP contribution is 2.29. The fraction of sp³-hybridized carbons (Fsp3) is 0.233. The summed E-state index contributed by atoms with van der Waals surface area (Å²) in [6.07, 6.45) is 1.86. The number of hydrogen-bond donors (Lipinski definition) is 2. The summed E-state index contributed by atoms with van der Waals surface area (Å²) in [5.41, 5.74) is 10.3. The van der Waals surface area contributed by atoms with Crippen LogP contribution in [0.3, 0.4) is 0 Å². The molecule has 7 heteroatoms. The molecule has 37 heavy (non-hydrogen) atoms. The van der Waals surface area contributed by atoms with Crippen molar-refractivity contribution in [2.45, 2.75) is 39.0 Å². The zero-order valence-electron chi connectivity index (χ0n) is 20.8. The lowest BCUT2D eigenvalue weighted by atomic mass is 9.92. The van der Waals surface area contributed by atoms with Gasteiger partial charge in [-0.1, -0.05) is 54.6 Å². The van der Waals surface area contributed by atoms with Gasteiger partial charge in [0.05, 0.1) is 12.3 Å². The lowest BCUT2D eigenvalue weighted by Crippen LogP contribution is -2.19. The van der Waals surface area contributed by atoms with E-state index in [0.29, 0.717) is 54.2 Å². The van der Waals surface area contributed by atoms with Crippen molar-refractivity contribution in [1.29, 1.82) is 0 Å². The van der Waals surface area contributed by atoms with E-state index in [9.17, 15) is 9.59 Å². The number of carboxylic acids is 1. The van der Waals surface area contributed by atoms with E-state index in [1.807, 2.05) is 67.6 Å². The number of oxazole rings is 1. The highest BCUT2D eigenvalue weighted by Gasteiger charge is 2.20. The van der Waals surface area contributed by atoms with Gasteiger partial charge in [0.15, 0.2) is 0 Å². The van der Waals surface area contributed by atoms with Gasteiger partial charge in [-0.05, 0) is 55.5 Å². The number of benzene rings is 3. The number of carbonyl (C=O) groups excluding carboxylic acids is 1. The third-order valence-corrected chi connectivity index (χ3v) is 6.23. The Bertz CT molecular complexity index is 1360. The number of rotatable bonds is 12. The number of aromatic nitrogens is 1. The van der Waals surface area contributed by atoms with Crippen molar-refractivity contribution in [2.24, 2.45) is 5.73 Å². The Kier molecular flexibility index (Phi) is 8.36. The average Bonchev–Trinajstić information content (AvgIpc) is 3.27. The molecule has 0 atom stereocenters. The maximum Gasteiger partial charge on any atom is 0.303 e. The van der Waals surface area contributed by atoms with E-state index in [4.69, 9.17) is 20.0 Å². The second-order valence-electron chi connectivity index (χ2n) is 8.81. The van der Waals surface area contributed by atoms with Gasteiger partial charge in [-0.2, -0.15) is 0 Å². The highest BCUT2D eigenvalue weighted by atomic mass is 16.5. The van der Waals surface area contributed by atoms with E-state index < -0.39 is 11.9 Å². The SMILES string of the molecule is Cc1oc(-c2ccccc2)nc1CCOc1ccc(CCC(=O)O)c(C(N)=O)c1CCc1ccccc1. The third-order valence-electron chi connectivity index (χ3n) is 6.23. The van der Waals surface area contributed by atoms with E-state index in [0.717, 1.165) is 22.6 Å². The Hall–Kier alpha value is -4.39. The molecule has 0 fully saturated rings. The van der Waals surface area contributed by atoms with Crippen molar-refractivity contribution in [3.05, 3.63) is 107 Å². The van der Waals surface area contributed by atoms with E-state index in [1.165, 1.54) is 0 Å². The summed E-state index contributed by atoms with van der Waals surface area (Å²) in [5.74, 6) is 0.338. The molecule has 0 saturated carbocycles. The molecule has 0 saturated heterocycles. The number of amides is 1. The molecule has 190 valence electrons. The number of nitrogens with zero attached hydrogens (tertiary/aromatic N) is 1. The Labute approximate surface area is 215 Å². The summed E-state index contributed by atoms with van der Waals surface area (Å²) >= 11 is 0. The molecule has 0 aliphatic heterocycles. The first kappa shape index (κ1) is 25.7. The van der Waals surface area contributed by atoms with Gasteiger partial charge in [-0.25, -0.2) is 4.98 Å². The first-order valence-electron chi connectivity index (χ1n) is 12.3. The minimum Gasteiger partial charge on any atom is -0.493 e. The van der Waals surface area contributed by atoms with Crippen molar-refractivity contribution in [3.63, 3.8) is 0 Å². The first-order valence-corrected chi connectivity index (χ1v) is 12.3. The maximum atomic E-state index is 12.5. The molecule has 0 radical (unpaired) electrons. The lowest BCUT2D eigenvalue weighted by Gasteiger charge is -2.18. The van der Waals surface area contributed by atoms with Crippen molar-refractivity contribution in [2.75, 3.05) is 6.61 Å². The zero-order chi connectivity index (χ0) is 26.2. The van der Waals surface area contributed by atoms with Crippen LogP contribution in [-0.2, 0) is 30.5 Å². The Morgan fingerprint density at radius 2 is 1.62 bits per heavy atom. The Morgan fingerprint density at radius 1 is 0.919 bits per heavy atom. The van der Waals surface area contributed by atoms with Crippen molar-refractivity contribution >= 4 is 11.9 Å². The van der Waals surface area contributed by atoms with E-state index >= 15 is 0 Å². The summed E-state index contributed by atoms with van der Waals surface area (Å²) in [6.45, 7) is 2.20. The quantitative estimate of drug-likeness (QED) is 0.278. The standard InChI is InChI=1S/C30H30N2O5/c1-20-25(32-30(37-20)23-10-6-3-7-11-23)18-19-36-26-16-13-22(14-17-27(33)34)28(29(31)35)24(26)15-12-21-8-4-2-5-9-21/h2-11,13,16H,12,14-15,17-19H2,1H3,(H2,31,35)(H,33,34). The van der Waals surface area contributed by atoms with Crippen LogP contribution in [0.5, 0.6) is 5.75 Å². The minimum atomic E-state index is -0.931. The third kappa shape index (κ3) is 6.64. The van der Waals surface area contributed by atoms with E-state index in [1.54, 1.807) is 12.1 Å². The average molecular weight is 499 g/mol. The molecule has 4 aromatic rings. The molecule has 0 bridgehead atoms. The molecule has 1 aromatic heterocycles. The van der Waals surface area contributed by atoms with Gasteiger partial charge in [0.1, 0.15) is 11.5 Å². The van der Waals surface area contributed by atoms with Crippen LogP contribution in [0.25, 0.3) is 11.5 Å². The van der Waals surface area contributed by atoms with Crippen LogP contribution >= 0.6 is 0 Å². The van der Waals surface area contributed by atoms with Crippen LogP contribution in [0.15, 0.2) is 77.2 Å². The number of aryl methyl sites for hydroxylation is 3. The van der Waals surface area contributed by atoms with Gasteiger partial charge in [-0.3, -0.25) is 9.59 Å². The van der Waals surface area contributed by atoms with E-state index in [2.05, 4.69) is 4.98 Å². The Morgan fingerprint density at radius 3 is 2.30 bits per heavy atom. The molecule has 0 unspecified atom stereocenters. The number of aliphatic carboxylic acids is 1. The molecule has 1 amide bonds. The largest absolute Gasteiger partial charge is 0.493 e. The maximum absolute atomic E-state index is 12.5. The van der Waals surface area contributed by atoms with Crippen molar-refractivity contribution in [3.8, 4) is 17.2 Å². The molecule has 1 heterocycles. The number of primary amides is 1. The van der Waals surface area contributed by atoms with Crippen molar-refractivity contribution < 1.29 is 23.8 Å². The van der Waals surface area contributed by atoms with Gasteiger partial charge in [0.2, 0.25) is 11.8 Å². The van der Waals surface area contributed by atoms with Gasteiger partial charge >= 0.3 is 5.97 Å². The van der Waals surface area contributed by atoms with Crippen LogP contribution in [-0.4, -0.2) is 28.6 Å². The summed E-state index contributed by atoms with van der Waals surface area (Å²) in [4.78, 5) is 28.3. The van der Waals surface area contributed by atoms with Crippen LogP contribution < -0.4 is 10.5 Å². The summed E-state index contributed by atoms with van der Waals surface area (Å²) in [7, 11) is 0. The highest BCUT2D eigenvalue weighted by molar-refractivity contribution is 5.96. The predicted octanol–water partition coefficient (Wildman–Crippen LogP) is 5.17. The van der Waals surface area contributed by atoms with E-state index in [-0.39, 0.29) is 12.8 Å². The molecular weight excluding hydrogens is 468 g/mol. The second kappa shape index (κ2) is 12.0. The number of nitrogens with two attached hydrogens (primary N) is 1. The molecule has 4 rings (SSSR count). The lowest BCUT2D eigenvalue weighted by molar-refractivity contribution is -0.136. The molecule has 0 aliphatic carbocycles. The van der Waals surface area contributed by atoms with Gasteiger partial charge < -0.3 is 20.0 Å². The summed E-state index contributed by atoms with van der Waals surface area (Å²) in [6, 6.07) is 23.2. The summed E-state index contributed by atoms with van der Waals surface area (Å²) < 4.78 is 12.0. The van der Waals surface area contributed by atoms with Gasteiger partial charge in [0.25, 0.3) is 0 Å². The van der Waals surface area contributed by atoms with Crippen LogP contribution in [0.2, 0.25) is 0 Å². The number of ether oxygens (including phenoxy) is 1. The van der Waals surface area contributed by atoms with Crippen molar-refractivity contribution in [1.82, 2.24) is 4.98 Å². The number of carboxylic acid groups (broad SMARTS) is 1. The fourth-order valence-electron chi connectivity index (χ4n) is 4.35. The Balaban J connectivity index is 1.55. The zero-order valence-corrected chi connectivity index (χ0v) is 20.8. The number of carbonyl (C=O) groups is 2. The molecule has 0 aliphatic rings. The molecule has 0 spiro atoms. The van der Waals surface area contributed by atoms with Crippen LogP contribution in [0.4, 0.5) is 0 Å².